The molecule has 0 spiro atoms. The standard InChI is InChI=1S/C28H42N4O2/c33-27(31-23-25-17-11-9-12-18-25)29-21-15-7-5-3-1-2-4-6-8-16-22-30-28(34)32-24-26-19-13-10-14-20-26/h9-14,17-20H,1-8,15-16,21-24H2,(H2,29,31,33)(H2,30,32,34). The molecule has 2 rings (SSSR count). The molecule has 186 valence electrons. The van der Waals surface area contributed by atoms with E-state index in [2.05, 4.69) is 21.3 Å². The fourth-order valence-electron chi connectivity index (χ4n) is 3.75. The summed E-state index contributed by atoms with van der Waals surface area (Å²) in [6.45, 7) is 2.60. The second-order valence-corrected chi connectivity index (χ2v) is 8.73. The minimum absolute atomic E-state index is 0.0909. The van der Waals surface area contributed by atoms with Gasteiger partial charge in [-0.2, -0.15) is 0 Å². The molecule has 2 aromatic rings. The number of amides is 4. The van der Waals surface area contributed by atoms with Crippen molar-refractivity contribution in [2.24, 2.45) is 0 Å². The van der Waals surface area contributed by atoms with E-state index in [-0.39, 0.29) is 12.1 Å². The highest BCUT2D eigenvalue weighted by Crippen LogP contribution is 2.10. The number of hydrogen-bond donors (Lipinski definition) is 4. The molecule has 0 radical (unpaired) electrons. The molecule has 0 saturated heterocycles. The van der Waals surface area contributed by atoms with Crippen molar-refractivity contribution in [2.45, 2.75) is 77.3 Å². The lowest BCUT2D eigenvalue weighted by atomic mass is 10.1. The molecule has 0 unspecified atom stereocenters. The van der Waals surface area contributed by atoms with E-state index >= 15 is 0 Å². The highest BCUT2D eigenvalue weighted by atomic mass is 16.2. The topological polar surface area (TPSA) is 82.3 Å². The van der Waals surface area contributed by atoms with E-state index < -0.39 is 0 Å². The molecule has 6 heteroatoms. The van der Waals surface area contributed by atoms with Gasteiger partial charge in [-0.1, -0.05) is 112 Å². The van der Waals surface area contributed by atoms with Gasteiger partial charge in [0.2, 0.25) is 0 Å². The van der Waals surface area contributed by atoms with Crippen LogP contribution in [-0.2, 0) is 13.1 Å². The molecule has 0 bridgehead atoms. The summed E-state index contributed by atoms with van der Waals surface area (Å²) in [5, 5.41) is 11.6. The fraction of sp³-hybridized carbons (Fsp3) is 0.500. The average Bonchev–Trinajstić information content (AvgIpc) is 2.87. The molecular weight excluding hydrogens is 424 g/mol. The van der Waals surface area contributed by atoms with Crippen LogP contribution in [0.1, 0.15) is 75.3 Å². The number of hydrogen-bond acceptors (Lipinski definition) is 2. The average molecular weight is 467 g/mol. The van der Waals surface area contributed by atoms with Crippen molar-refractivity contribution in [3.63, 3.8) is 0 Å². The Labute approximate surface area is 205 Å². The van der Waals surface area contributed by atoms with Crippen LogP contribution in [0.15, 0.2) is 60.7 Å². The van der Waals surface area contributed by atoms with Gasteiger partial charge >= 0.3 is 12.1 Å². The van der Waals surface area contributed by atoms with Crippen LogP contribution in [0.25, 0.3) is 0 Å². The van der Waals surface area contributed by atoms with Crippen molar-refractivity contribution in [3.05, 3.63) is 71.8 Å². The number of carbonyl (C=O) groups is 2. The van der Waals surface area contributed by atoms with E-state index in [1.165, 1.54) is 38.5 Å². The van der Waals surface area contributed by atoms with Crippen LogP contribution < -0.4 is 21.3 Å². The van der Waals surface area contributed by atoms with Gasteiger partial charge in [-0.25, -0.2) is 9.59 Å². The Morgan fingerprint density at radius 2 is 0.765 bits per heavy atom. The highest BCUT2D eigenvalue weighted by Gasteiger charge is 2.01. The largest absolute Gasteiger partial charge is 0.338 e. The zero-order valence-corrected chi connectivity index (χ0v) is 20.5. The molecule has 4 N–H and O–H groups in total. The summed E-state index contributed by atoms with van der Waals surface area (Å²) in [4.78, 5) is 23.6. The summed E-state index contributed by atoms with van der Waals surface area (Å²) >= 11 is 0. The zero-order valence-electron chi connectivity index (χ0n) is 20.5. The minimum atomic E-state index is -0.0909. The van der Waals surface area contributed by atoms with E-state index in [1.807, 2.05) is 60.7 Å². The third-order valence-corrected chi connectivity index (χ3v) is 5.77. The second-order valence-electron chi connectivity index (χ2n) is 8.73. The lowest BCUT2D eigenvalue weighted by Crippen LogP contribution is -2.35. The Kier molecular flexibility index (Phi) is 14.7. The molecule has 0 saturated carbocycles. The van der Waals surface area contributed by atoms with E-state index in [1.54, 1.807) is 0 Å². The van der Waals surface area contributed by atoms with Gasteiger partial charge in [0, 0.05) is 26.2 Å². The molecular formula is C28H42N4O2. The van der Waals surface area contributed by atoms with Gasteiger partial charge in [-0.05, 0) is 24.0 Å². The molecule has 6 nitrogen and oxygen atoms in total. The van der Waals surface area contributed by atoms with E-state index in [0.717, 1.165) is 49.9 Å². The fourth-order valence-corrected chi connectivity index (χ4v) is 3.75. The minimum Gasteiger partial charge on any atom is -0.338 e. The first-order valence-electron chi connectivity index (χ1n) is 12.9. The smallest absolute Gasteiger partial charge is 0.315 e. The van der Waals surface area contributed by atoms with Crippen LogP contribution >= 0.6 is 0 Å². The molecule has 0 heterocycles. The van der Waals surface area contributed by atoms with Crippen molar-refractivity contribution in [2.75, 3.05) is 13.1 Å². The van der Waals surface area contributed by atoms with Gasteiger partial charge in [0.05, 0.1) is 0 Å². The first kappa shape index (κ1) is 27.2. The SMILES string of the molecule is O=C(NCCCCCCCCCCCCNC(=O)NCc1ccccc1)NCc1ccccc1. The second kappa shape index (κ2) is 18.4. The van der Waals surface area contributed by atoms with Crippen molar-refractivity contribution >= 4 is 12.1 Å². The Bertz CT molecular complexity index is 716. The quantitative estimate of drug-likeness (QED) is 0.219. The van der Waals surface area contributed by atoms with E-state index in [9.17, 15) is 9.59 Å². The number of benzene rings is 2. The van der Waals surface area contributed by atoms with Crippen LogP contribution in [0.5, 0.6) is 0 Å². The Balaban J connectivity index is 1.28. The monoisotopic (exact) mass is 466 g/mol. The number of unbranched alkanes of at least 4 members (excludes halogenated alkanes) is 9. The van der Waals surface area contributed by atoms with Crippen molar-refractivity contribution in [1.82, 2.24) is 21.3 Å². The predicted molar refractivity (Wildman–Crippen MR) is 140 cm³/mol. The maximum absolute atomic E-state index is 11.8. The molecule has 0 aromatic heterocycles. The number of nitrogens with one attached hydrogen (secondary N) is 4. The zero-order chi connectivity index (χ0) is 24.1. The molecule has 4 amide bonds. The Morgan fingerprint density at radius 3 is 1.12 bits per heavy atom. The van der Waals surface area contributed by atoms with Crippen molar-refractivity contribution < 1.29 is 9.59 Å². The van der Waals surface area contributed by atoms with Gasteiger partial charge in [-0.15, -0.1) is 0 Å². The van der Waals surface area contributed by atoms with Gasteiger partial charge in [0.1, 0.15) is 0 Å². The van der Waals surface area contributed by atoms with E-state index in [4.69, 9.17) is 0 Å². The normalized spacial score (nSPS) is 10.5. The van der Waals surface area contributed by atoms with Crippen LogP contribution in [0.2, 0.25) is 0 Å². The lowest BCUT2D eigenvalue weighted by Gasteiger charge is -2.08. The summed E-state index contributed by atoms with van der Waals surface area (Å²) < 4.78 is 0. The summed E-state index contributed by atoms with van der Waals surface area (Å²) in [5.74, 6) is 0. The van der Waals surface area contributed by atoms with Crippen LogP contribution in [0.3, 0.4) is 0 Å². The Morgan fingerprint density at radius 1 is 0.441 bits per heavy atom. The number of carbonyl (C=O) groups excluding carboxylic acids is 2. The molecule has 0 aliphatic heterocycles. The van der Waals surface area contributed by atoms with Crippen LogP contribution in [0, 0.1) is 0 Å². The summed E-state index contributed by atoms with van der Waals surface area (Å²) in [7, 11) is 0. The number of rotatable bonds is 17. The summed E-state index contributed by atoms with van der Waals surface area (Å²) in [5.41, 5.74) is 2.22. The highest BCUT2D eigenvalue weighted by molar-refractivity contribution is 5.74. The van der Waals surface area contributed by atoms with Gasteiger partial charge in [0.15, 0.2) is 0 Å². The summed E-state index contributed by atoms with van der Waals surface area (Å²) in [6.07, 6.45) is 12.0. The maximum Gasteiger partial charge on any atom is 0.315 e. The predicted octanol–water partition coefficient (Wildman–Crippen LogP) is 5.89. The lowest BCUT2D eigenvalue weighted by molar-refractivity contribution is 0.239. The van der Waals surface area contributed by atoms with Gasteiger partial charge < -0.3 is 21.3 Å². The molecule has 34 heavy (non-hydrogen) atoms. The van der Waals surface area contributed by atoms with Crippen molar-refractivity contribution in [3.8, 4) is 0 Å². The molecule has 0 atom stereocenters. The molecule has 2 aromatic carbocycles. The van der Waals surface area contributed by atoms with Gasteiger partial charge in [0.25, 0.3) is 0 Å². The van der Waals surface area contributed by atoms with Crippen LogP contribution in [-0.4, -0.2) is 25.2 Å². The first-order valence-corrected chi connectivity index (χ1v) is 12.9. The Hall–Kier alpha value is -3.02. The molecule has 0 fully saturated rings. The van der Waals surface area contributed by atoms with Crippen LogP contribution in [0.4, 0.5) is 9.59 Å². The third kappa shape index (κ3) is 14.2. The number of urea groups is 2. The summed E-state index contributed by atoms with van der Waals surface area (Å²) in [6, 6.07) is 19.7. The van der Waals surface area contributed by atoms with Crippen molar-refractivity contribution in [1.29, 1.82) is 0 Å². The molecule has 0 aliphatic carbocycles. The molecule has 0 aliphatic rings. The third-order valence-electron chi connectivity index (χ3n) is 5.77. The first-order chi connectivity index (χ1) is 16.7. The van der Waals surface area contributed by atoms with E-state index in [0.29, 0.717) is 13.1 Å². The maximum atomic E-state index is 11.8. The van der Waals surface area contributed by atoms with Gasteiger partial charge in [-0.3, -0.25) is 0 Å².